The van der Waals surface area contributed by atoms with Gasteiger partial charge >= 0.3 is 51.4 Å². The summed E-state index contributed by atoms with van der Waals surface area (Å²) in [6.07, 6.45) is 0. The van der Waals surface area contributed by atoms with Crippen molar-refractivity contribution in [1.82, 2.24) is 0 Å². The molecule has 0 aliphatic heterocycles. The zero-order valence-corrected chi connectivity index (χ0v) is 8.03. The van der Waals surface area contributed by atoms with Gasteiger partial charge in [0.2, 0.25) is 0 Å². The summed E-state index contributed by atoms with van der Waals surface area (Å²) in [5.74, 6) is 0. The van der Waals surface area contributed by atoms with E-state index in [1.165, 1.54) is 0 Å². The Morgan fingerprint density at radius 3 is 1.00 bits per heavy atom. The molecule has 4 nitrogen and oxygen atoms in total. The fraction of sp³-hybridized carbons (Fsp3) is 0. The minimum absolute atomic E-state index is 0. The van der Waals surface area contributed by atoms with E-state index in [0.29, 0.717) is 0 Å². The van der Waals surface area contributed by atoms with Gasteiger partial charge in [0, 0.05) is 17.1 Å². The van der Waals surface area contributed by atoms with Gasteiger partial charge < -0.3 is 29.7 Å². The maximum absolute atomic E-state index is 6.25. The molecule has 0 amide bonds. The smallest absolute Gasteiger partial charge is 1.00 e. The number of hydrogen-bond donors (Lipinski definition) is 0. The normalized spacial score (nSPS) is 0.286. The molecule has 0 aromatic rings. The molecule has 0 saturated heterocycles. The summed E-state index contributed by atoms with van der Waals surface area (Å²) in [7, 11) is 0. The average molecular weight is 176 g/mol. The topological polar surface area (TPSA) is 118 Å². The first-order chi connectivity index (χ1) is 1.00. The van der Waals surface area contributed by atoms with Gasteiger partial charge in [0.25, 0.3) is 0 Å². The Morgan fingerprint density at radius 2 is 1.00 bits per heavy atom. The van der Waals surface area contributed by atoms with Crippen LogP contribution >= 0.6 is 0 Å². The summed E-state index contributed by atoms with van der Waals surface area (Å²) in [4.78, 5) is 0. The molecule has 0 aromatic carbocycles. The summed E-state index contributed by atoms with van der Waals surface area (Å²) in [6.45, 7) is 4.75. The molecule has 44 valence electrons. The molecule has 6 heteroatoms. The average Bonchev–Trinajstić information content (AvgIpc) is 1.00. The minimum atomic E-state index is 0. The third-order valence-electron chi connectivity index (χ3n) is 0. The molecule has 0 aromatic heterocycles. The van der Waals surface area contributed by atoms with E-state index in [1.54, 1.807) is 0 Å². The molecule has 7 heavy (non-hydrogen) atoms. The van der Waals surface area contributed by atoms with Crippen LogP contribution in [0.5, 0.6) is 0 Å². The summed E-state index contributed by atoms with van der Waals surface area (Å²) >= 11 is 0. The van der Waals surface area contributed by atoms with Gasteiger partial charge in [-0.1, -0.05) is 0 Å². The van der Waals surface area contributed by atoms with Gasteiger partial charge in [-0.2, -0.15) is 0 Å². The van der Waals surface area contributed by atoms with E-state index < -0.39 is 0 Å². The van der Waals surface area contributed by atoms with E-state index in [-0.39, 0.29) is 86.3 Å². The minimum Gasteiger partial charge on any atom is -1.00 e. The van der Waals surface area contributed by atoms with E-state index in [2.05, 4.69) is 0 Å². The molecule has 0 fully saturated rings. The number of nitrogens with zero attached hydrogens (tertiary/aromatic N) is 1. The molecule has 0 saturated carbocycles. The number of rotatable bonds is 0. The maximum Gasteiger partial charge on any atom is 1.00 e. The molecule has 0 unspecified atom stereocenters. The molecule has 0 bridgehead atoms. The first-order valence-electron chi connectivity index (χ1n) is 0.224. The van der Waals surface area contributed by atoms with Crippen molar-refractivity contribution >= 4 is 0 Å². The van der Waals surface area contributed by atoms with Gasteiger partial charge in [-0.3, -0.25) is 0 Å². The number of hydrogen-bond acceptors (Lipinski definition) is 1. The van der Waals surface area contributed by atoms with Gasteiger partial charge in [0.05, 0.1) is 0 Å². The molecule has 0 aliphatic rings. The van der Waals surface area contributed by atoms with Gasteiger partial charge in [-0.25, -0.2) is 0 Å². The van der Waals surface area contributed by atoms with E-state index in [4.69, 9.17) is 11.8 Å². The monoisotopic (exact) mass is 176 g/mol. The van der Waals surface area contributed by atoms with Crippen LogP contribution in [0.15, 0.2) is 0 Å². The Balaban J connectivity index is -0.000000000333. The second-order valence-electron chi connectivity index (χ2n) is 0. The van der Waals surface area contributed by atoms with Crippen molar-refractivity contribution in [3.8, 4) is 0 Å². The molecule has 0 rings (SSSR count). The van der Waals surface area contributed by atoms with Crippen LogP contribution in [0, 0.1) is 11.8 Å². The first kappa shape index (κ1) is 75.7. The quantitative estimate of drug-likeness (QED) is 0.266. The third kappa shape index (κ3) is 98.7. The molecule has 0 atom stereocenters. The molecule has 0 heterocycles. The van der Waals surface area contributed by atoms with Crippen LogP contribution in [-0.4, -0.2) is 16.4 Å². The summed E-state index contributed by atoms with van der Waals surface area (Å²) in [6, 6.07) is 0. The summed E-state index contributed by atoms with van der Waals surface area (Å²) in [5.41, 5.74) is 0. The Hall–Kier alpha value is 1.53. The fourth-order valence-electron chi connectivity index (χ4n) is 0. The van der Waals surface area contributed by atoms with Crippen molar-refractivity contribution in [3.63, 3.8) is 0 Å². The van der Waals surface area contributed by atoms with Crippen molar-refractivity contribution in [1.29, 1.82) is 5.26 Å². The molecule has 0 spiro atoms. The Morgan fingerprint density at radius 1 is 1.00 bits per heavy atom. The SMILES string of the molecule is O.O.O.[C-]#N.[Fe].[H-].[K+]. The predicted octanol–water partition coefficient (Wildman–Crippen LogP) is -5.26. The summed E-state index contributed by atoms with van der Waals surface area (Å²) in [5, 5.41) is 6.25. The van der Waals surface area contributed by atoms with Gasteiger partial charge in [-0.05, 0) is 0 Å². The van der Waals surface area contributed by atoms with E-state index in [1.807, 2.05) is 0 Å². The van der Waals surface area contributed by atoms with Gasteiger partial charge in [0.1, 0.15) is 0 Å². The van der Waals surface area contributed by atoms with Crippen LogP contribution in [0.25, 0.3) is 0 Å². The standard InChI is InChI=1S/CN.Fe.K.3H2O.H/c1-2;;;;;;/h;;;3*1H2;/q-1;;+1;;;;-1. The molecule has 6 N–H and O–H groups in total. The van der Waals surface area contributed by atoms with Crippen LogP contribution < -0.4 is 51.4 Å². The fourth-order valence-corrected chi connectivity index (χ4v) is 0. The zero-order chi connectivity index (χ0) is 2.00. The molecule has 0 aliphatic carbocycles. The van der Waals surface area contributed by atoms with E-state index in [0.717, 1.165) is 0 Å². The van der Waals surface area contributed by atoms with Crippen LogP contribution in [0.3, 0.4) is 0 Å². The van der Waals surface area contributed by atoms with Gasteiger partial charge in [0.15, 0.2) is 0 Å². The first-order valence-corrected chi connectivity index (χ1v) is 0.224. The maximum atomic E-state index is 6.25. The van der Waals surface area contributed by atoms with Crippen LogP contribution in [-0.2, 0) is 17.1 Å². The second-order valence-corrected chi connectivity index (χ2v) is 0. The second kappa shape index (κ2) is 138. The van der Waals surface area contributed by atoms with Crippen molar-refractivity contribution in [2.24, 2.45) is 0 Å². The predicted molar refractivity (Wildman–Crippen MR) is 16.9 cm³/mol. The van der Waals surface area contributed by atoms with Crippen molar-refractivity contribution in [2.45, 2.75) is 0 Å². The Bertz CT molecular complexity index is 24.0. The van der Waals surface area contributed by atoms with Crippen molar-refractivity contribution in [2.75, 3.05) is 0 Å². The van der Waals surface area contributed by atoms with Crippen LogP contribution in [0.1, 0.15) is 1.43 Å². The Kier molecular flexibility index (Phi) is 1490. The van der Waals surface area contributed by atoms with E-state index >= 15 is 0 Å². The van der Waals surface area contributed by atoms with Crippen LogP contribution in [0.4, 0.5) is 0 Å². The molecular formula is CH7FeKNO3-. The third-order valence-corrected chi connectivity index (χ3v) is 0. The van der Waals surface area contributed by atoms with Gasteiger partial charge in [-0.15, -0.1) is 0 Å². The van der Waals surface area contributed by atoms with Crippen LogP contribution in [0.2, 0.25) is 0 Å². The summed E-state index contributed by atoms with van der Waals surface area (Å²) < 4.78 is 0. The zero-order valence-electron chi connectivity index (χ0n) is 4.80. The van der Waals surface area contributed by atoms with E-state index in [9.17, 15) is 0 Å². The molecule has 0 radical (unpaired) electrons. The Labute approximate surface area is 96.6 Å². The molecular weight excluding hydrogens is 169 g/mol. The van der Waals surface area contributed by atoms with Crippen molar-refractivity contribution in [3.05, 3.63) is 6.57 Å². The largest absolute Gasteiger partial charge is 1.00 e. The van der Waals surface area contributed by atoms with Crippen molar-refractivity contribution < 1.29 is 86.3 Å².